The Morgan fingerprint density at radius 3 is 2.96 bits per heavy atom. The Morgan fingerprint density at radius 1 is 1.27 bits per heavy atom. The topological polar surface area (TPSA) is 84.4 Å². The summed E-state index contributed by atoms with van der Waals surface area (Å²) in [6.45, 7) is 3.56. The van der Waals surface area contributed by atoms with Crippen LogP contribution in [-0.4, -0.2) is 48.1 Å². The normalized spacial score (nSPS) is 13.0. The van der Waals surface area contributed by atoms with Gasteiger partial charge in [-0.05, 0) is 37.5 Å². The number of nitrogens with one attached hydrogen (secondary N) is 1. The second-order valence-electron chi connectivity index (χ2n) is 6.13. The number of rotatable bonds is 6. The minimum absolute atomic E-state index is 0.148. The third-order valence-corrected chi connectivity index (χ3v) is 4.23. The summed E-state index contributed by atoms with van der Waals surface area (Å²) >= 11 is 0. The molecule has 0 fully saturated rings. The summed E-state index contributed by atoms with van der Waals surface area (Å²) in [5.74, 6) is -0.476. The first kappa shape index (κ1) is 17.8. The van der Waals surface area contributed by atoms with E-state index in [1.807, 2.05) is 6.07 Å². The molecule has 1 aromatic heterocycles. The summed E-state index contributed by atoms with van der Waals surface area (Å²) in [7, 11) is 0. The third kappa shape index (κ3) is 4.56. The van der Waals surface area contributed by atoms with Crippen molar-refractivity contribution in [2.24, 2.45) is 0 Å². The van der Waals surface area contributed by atoms with Gasteiger partial charge in [-0.25, -0.2) is 14.8 Å². The van der Waals surface area contributed by atoms with Crippen LogP contribution >= 0.6 is 0 Å². The number of esters is 1. The number of aryl methyl sites for hydroxylation is 2. The zero-order valence-electron chi connectivity index (χ0n) is 14.8. The molecule has 1 N–H and O–H groups in total. The molecule has 0 unspecified atom stereocenters. The molecule has 0 bridgehead atoms. The van der Waals surface area contributed by atoms with Crippen LogP contribution < -0.4 is 10.2 Å². The smallest absolute Gasteiger partial charge is 0.357 e. The molecule has 0 saturated carbocycles. The average molecular weight is 354 g/mol. The van der Waals surface area contributed by atoms with Crippen LogP contribution in [0.25, 0.3) is 0 Å². The van der Waals surface area contributed by atoms with Gasteiger partial charge < -0.3 is 15.0 Å². The molecule has 26 heavy (non-hydrogen) atoms. The molecule has 7 nitrogen and oxygen atoms in total. The lowest BCUT2D eigenvalue weighted by molar-refractivity contribution is -0.124. The van der Waals surface area contributed by atoms with Crippen molar-refractivity contribution < 1.29 is 14.3 Å². The molecule has 1 aromatic carbocycles. The highest BCUT2D eigenvalue weighted by atomic mass is 16.5. The molecule has 0 atom stereocenters. The SMILES string of the molecule is Cc1nccc(C(=O)OCC(=O)NCCN2CCCc3ccccc32)n1. The van der Waals surface area contributed by atoms with Crippen molar-refractivity contribution in [1.29, 1.82) is 0 Å². The molecule has 3 rings (SSSR count). The van der Waals surface area contributed by atoms with Gasteiger partial charge in [0.25, 0.3) is 5.91 Å². The summed E-state index contributed by atoms with van der Waals surface area (Å²) < 4.78 is 4.99. The summed E-state index contributed by atoms with van der Waals surface area (Å²) in [6.07, 6.45) is 3.69. The minimum atomic E-state index is -0.629. The highest BCUT2D eigenvalue weighted by Crippen LogP contribution is 2.25. The summed E-state index contributed by atoms with van der Waals surface area (Å²) in [6, 6.07) is 9.80. The molecule has 0 aliphatic carbocycles. The molecule has 1 aliphatic heterocycles. The molecule has 136 valence electrons. The Bertz CT molecular complexity index is 794. The number of fused-ring (bicyclic) bond motifs is 1. The van der Waals surface area contributed by atoms with E-state index in [0.29, 0.717) is 12.4 Å². The number of anilines is 1. The first-order valence-corrected chi connectivity index (χ1v) is 8.70. The standard InChI is InChI=1S/C19H22N4O3/c1-14-20-9-8-16(22-14)19(25)26-13-18(24)21-10-12-23-11-4-6-15-5-2-3-7-17(15)23/h2-3,5,7-9H,4,6,10-13H2,1H3,(H,21,24). The van der Waals surface area contributed by atoms with Crippen molar-refractivity contribution >= 4 is 17.6 Å². The van der Waals surface area contributed by atoms with Crippen LogP contribution in [0.5, 0.6) is 0 Å². The van der Waals surface area contributed by atoms with Crippen LogP contribution in [0, 0.1) is 6.92 Å². The molecule has 0 spiro atoms. The molecule has 7 heteroatoms. The first-order chi connectivity index (χ1) is 12.6. The monoisotopic (exact) mass is 354 g/mol. The van der Waals surface area contributed by atoms with E-state index in [0.717, 1.165) is 25.9 Å². The zero-order valence-corrected chi connectivity index (χ0v) is 14.8. The van der Waals surface area contributed by atoms with Gasteiger partial charge in [0.2, 0.25) is 0 Å². The molecule has 1 amide bonds. The maximum atomic E-state index is 11.9. The number of nitrogens with zero attached hydrogens (tertiary/aromatic N) is 3. The van der Waals surface area contributed by atoms with Gasteiger partial charge in [-0.1, -0.05) is 18.2 Å². The Labute approximate surface area is 152 Å². The number of hydrogen-bond acceptors (Lipinski definition) is 6. The number of para-hydroxylation sites is 1. The lowest BCUT2D eigenvalue weighted by Gasteiger charge is -2.31. The van der Waals surface area contributed by atoms with Crippen molar-refractivity contribution in [1.82, 2.24) is 15.3 Å². The fraction of sp³-hybridized carbons (Fsp3) is 0.368. The quantitative estimate of drug-likeness (QED) is 0.792. The molecular formula is C19H22N4O3. The molecule has 2 heterocycles. The first-order valence-electron chi connectivity index (χ1n) is 8.70. The number of carbonyl (C=O) groups is 2. The fourth-order valence-electron chi connectivity index (χ4n) is 3.00. The third-order valence-electron chi connectivity index (χ3n) is 4.23. The predicted molar refractivity (Wildman–Crippen MR) is 97.0 cm³/mol. The summed E-state index contributed by atoms with van der Waals surface area (Å²) in [5, 5.41) is 2.79. The molecular weight excluding hydrogens is 332 g/mol. The number of carbonyl (C=O) groups excluding carboxylic acids is 2. The van der Waals surface area contributed by atoms with Crippen LogP contribution in [0.15, 0.2) is 36.5 Å². The number of ether oxygens (including phenoxy) is 1. The van der Waals surface area contributed by atoms with E-state index in [4.69, 9.17) is 4.74 Å². The summed E-state index contributed by atoms with van der Waals surface area (Å²) in [5.41, 5.74) is 2.73. The molecule has 1 aliphatic rings. The van der Waals surface area contributed by atoms with Crippen molar-refractivity contribution in [2.45, 2.75) is 19.8 Å². The van der Waals surface area contributed by atoms with Crippen LogP contribution in [-0.2, 0) is 16.0 Å². The number of amides is 1. The lowest BCUT2D eigenvalue weighted by Crippen LogP contribution is -2.39. The van der Waals surface area contributed by atoms with Crippen LogP contribution in [0.2, 0.25) is 0 Å². The Kier molecular flexibility index (Phi) is 5.78. The van der Waals surface area contributed by atoms with E-state index in [9.17, 15) is 9.59 Å². The molecule has 0 saturated heterocycles. The van der Waals surface area contributed by atoms with Crippen molar-refractivity contribution in [3.63, 3.8) is 0 Å². The van der Waals surface area contributed by atoms with Gasteiger partial charge in [-0.3, -0.25) is 4.79 Å². The maximum absolute atomic E-state index is 11.9. The number of hydrogen-bond donors (Lipinski definition) is 1. The second kappa shape index (κ2) is 8.42. The van der Waals surface area contributed by atoms with E-state index in [1.54, 1.807) is 6.92 Å². The fourth-order valence-corrected chi connectivity index (χ4v) is 3.00. The van der Waals surface area contributed by atoms with Gasteiger partial charge in [0, 0.05) is 31.5 Å². The Morgan fingerprint density at radius 2 is 2.12 bits per heavy atom. The van der Waals surface area contributed by atoms with E-state index in [-0.39, 0.29) is 18.2 Å². The molecule has 2 aromatic rings. The van der Waals surface area contributed by atoms with Crippen LogP contribution in [0.3, 0.4) is 0 Å². The van der Waals surface area contributed by atoms with E-state index < -0.39 is 5.97 Å². The highest BCUT2D eigenvalue weighted by molar-refractivity contribution is 5.89. The van der Waals surface area contributed by atoms with Gasteiger partial charge in [-0.2, -0.15) is 0 Å². The van der Waals surface area contributed by atoms with Gasteiger partial charge in [0.05, 0.1) is 0 Å². The van der Waals surface area contributed by atoms with Crippen molar-refractivity contribution in [3.05, 3.63) is 53.6 Å². The van der Waals surface area contributed by atoms with E-state index in [1.165, 1.54) is 23.5 Å². The molecule has 0 radical (unpaired) electrons. The van der Waals surface area contributed by atoms with Gasteiger partial charge in [0.1, 0.15) is 5.82 Å². The van der Waals surface area contributed by atoms with Crippen molar-refractivity contribution in [3.8, 4) is 0 Å². The average Bonchev–Trinajstić information content (AvgIpc) is 2.66. The minimum Gasteiger partial charge on any atom is -0.451 e. The summed E-state index contributed by atoms with van der Waals surface area (Å²) in [4.78, 5) is 33.9. The lowest BCUT2D eigenvalue weighted by atomic mass is 10.0. The zero-order chi connectivity index (χ0) is 18.4. The highest BCUT2D eigenvalue weighted by Gasteiger charge is 2.16. The van der Waals surface area contributed by atoms with E-state index >= 15 is 0 Å². The number of aromatic nitrogens is 2. The van der Waals surface area contributed by atoms with Gasteiger partial charge in [-0.15, -0.1) is 0 Å². The predicted octanol–water partition coefficient (Wildman–Crippen LogP) is 1.51. The Balaban J connectivity index is 1.42. The second-order valence-corrected chi connectivity index (χ2v) is 6.13. The van der Waals surface area contributed by atoms with E-state index in [2.05, 4.69) is 38.4 Å². The maximum Gasteiger partial charge on any atom is 0.357 e. The largest absolute Gasteiger partial charge is 0.451 e. The Hall–Kier alpha value is -2.96. The number of benzene rings is 1. The van der Waals surface area contributed by atoms with Crippen LogP contribution in [0.1, 0.15) is 28.3 Å². The van der Waals surface area contributed by atoms with Gasteiger partial charge in [0.15, 0.2) is 12.3 Å². The van der Waals surface area contributed by atoms with Crippen LogP contribution in [0.4, 0.5) is 5.69 Å². The van der Waals surface area contributed by atoms with Gasteiger partial charge >= 0.3 is 5.97 Å². The van der Waals surface area contributed by atoms with Crippen molar-refractivity contribution in [2.75, 3.05) is 31.1 Å².